The van der Waals surface area contributed by atoms with Gasteiger partial charge in [0, 0.05) is 35.4 Å². The summed E-state index contributed by atoms with van der Waals surface area (Å²) in [5.74, 6) is 1.11. The van der Waals surface area contributed by atoms with E-state index in [0.717, 1.165) is 67.8 Å². The van der Waals surface area contributed by atoms with Crippen LogP contribution in [0.4, 0.5) is 4.39 Å². The number of fused-ring (bicyclic) bond motifs is 2. The number of ether oxygens (including phenoxy) is 3. The van der Waals surface area contributed by atoms with Gasteiger partial charge >= 0.3 is 5.97 Å². The van der Waals surface area contributed by atoms with Crippen LogP contribution in [0.2, 0.25) is 5.02 Å². The molecule has 1 fully saturated rings. The quantitative estimate of drug-likeness (QED) is 0.156. The molecular formula is C32H29ClFN3O5S. The molecule has 0 amide bonds. The number of methoxy groups -OCH3 is 1. The smallest absolute Gasteiger partial charge is 0.337 e. The van der Waals surface area contributed by atoms with Gasteiger partial charge in [0.1, 0.15) is 18.0 Å². The molecule has 2 aliphatic rings. The Morgan fingerprint density at radius 2 is 2.09 bits per heavy atom. The average Bonchev–Trinajstić information content (AvgIpc) is 3.71. The molecule has 8 nitrogen and oxygen atoms in total. The summed E-state index contributed by atoms with van der Waals surface area (Å²) in [6.45, 7) is 1.71. The Kier molecular flexibility index (Phi) is 7.67. The third kappa shape index (κ3) is 5.67. The van der Waals surface area contributed by atoms with Crippen molar-refractivity contribution in [1.82, 2.24) is 14.5 Å². The third-order valence-corrected chi connectivity index (χ3v) is 9.35. The van der Waals surface area contributed by atoms with Crippen LogP contribution in [-0.2, 0) is 29.0 Å². The first kappa shape index (κ1) is 28.1. The van der Waals surface area contributed by atoms with Gasteiger partial charge in [-0.2, -0.15) is 4.39 Å². The highest BCUT2D eigenvalue weighted by molar-refractivity contribution is 7.11. The zero-order valence-electron chi connectivity index (χ0n) is 23.5. The van der Waals surface area contributed by atoms with Gasteiger partial charge in [0.2, 0.25) is 0 Å². The van der Waals surface area contributed by atoms with Crippen molar-refractivity contribution in [3.63, 3.8) is 0 Å². The van der Waals surface area contributed by atoms with E-state index in [1.54, 1.807) is 18.2 Å². The van der Waals surface area contributed by atoms with Crippen LogP contribution >= 0.6 is 22.9 Å². The first-order chi connectivity index (χ1) is 20.9. The number of hydrogen-bond donors (Lipinski definition) is 0. The minimum Gasteiger partial charge on any atom is -0.465 e. The van der Waals surface area contributed by atoms with E-state index in [4.69, 9.17) is 40.2 Å². The second-order valence-electron chi connectivity index (χ2n) is 11.0. The number of imidazole rings is 1. The van der Waals surface area contributed by atoms with Gasteiger partial charge in [-0.05, 0) is 61.4 Å². The molecule has 3 aromatic heterocycles. The zero-order chi connectivity index (χ0) is 29.5. The number of nitrogens with zero attached hydrogens (tertiary/aromatic N) is 3. The number of halogens is 2. The van der Waals surface area contributed by atoms with Gasteiger partial charge < -0.3 is 23.2 Å². The van der Waals surface area contributed by atoms with E-state index < -0.39 is 6.01 Å². The SMILES string of the molecule is COC(=O)c1ccc2nc(CC3CC=C(c4csc(OCc5ccc(Cl)c6cc(F)oc56)n4)CC3)n(C[C@@H]3CCO3)c2c1. The Hall–Kier alpha value is -3.73. The molecule has 1 aliphatic carbocycles. The lowest BCUT2D eigenvalue weighted by molar-refractivity contribution is -0.0590. The summed E-state index contributed by atoms with van der Waals surface area (Å²) in [6, 6.07) is 9.63. The summed E-state index contributed by atoms with van der Waals surface area (Å²) in [5, 5.41) is 3.52. The van der Waals surface area contributed by atoms with Crippen LogP contribution in [0, 0.1) is 11.9 Å². The molecule has 0 saturated carbocycles. The lowest BCUT2D eigenvalue weighted by atomic mass is 9.86. The van der Waals surface area contributed by atoms with E-state index in [0.29, 0.717) is 38.2 Å². The second-order valence-corrected chi connectivity index (χ2v) is 12.2. The molecule has 1 saturated heterocycles. The number of furan rings is 1. The van der Waals surface area contributed by atoms with Gasteiger partial charge in [0.15, 0.2) is 0 Å². The molecule has 5 aromatic rings. The van der Waals surface area contributed by atoms with Crippen LogP contribution in [0.25, 0.3) is 27.6 Å². The van der Waals surface area contributed by atoms with Gasteiger partial charge in [-0.3, -0.25) is 0 Å². The first-order valence-electron chi connectivity index (χ1n) is 14.3. The molecular weight excluding hydrogens is 593 g/mol. The lowest BCUT2D eigenvalue weighted by Gasteiger charge is -2.28. The molecule has 222 valence electrons. The molecule has 4 heterocycles. The van der Waals surface area contributed by atoms with Crippen LogP contribution in [0.15, 0.2) is 52.3 Å². The maximum atomic E-state index is 13.7. The average molecular weight is 622 g/mol. The number of aromatic nitrogens is 3. The van der Waals surface area contributed by atoms with Crippen LogP contribution in [0.3, 0.4) is 0 Å². The standard InChI is InChI=1S/C32H29ClFN3O5S/c1-39-31(38)20-7-9-25-27(13-20)37(15-22-10-11-40-22)29(35-25)12-18-2-4-19(5-3-18)26-17-43-32(36-26)41-16-21-6-8-24(33)23-14-28(34)42-30(21)23/h4,6-9,13-14,17-18,22H,2-3,5,10-12,15-16H2,1H3/t18?,22-/m0/s1. The molecule has 1 unspecified atom stereocenters. The number of rotatable bonds is 9. The molecule has 0 N–H and O–H groups in total. The largest absolute Gasteiger partial charge is 0.465 e. The van der Waals surface area contributed by atoms with Crippen molar-refractivity contribution >= 4 is 56.5 Å². The number of thiazole rings is 1. The molecule has 43 heavy (non-hydrogen) atoms. The van der Waals surface area contributed by atoms with E-state index in [9.17, 15) is 9.18 Å². The minimum absolute atomic E-state index is 0.169. The Bertz CT molecular complexity index is 1860. The molecule has 0 radical (unpaired) electrons. The topological polar surface area (TPSA) is 88.6 Å². The number of benzene rings is 2. The number of allylic oxidation sites excluding steroid dienone is 2. The van der Waals surface area contributed by atoms with Crippen LogP contribution in [0.1, 0.15) is 53.1 Å². The highest BCUT2D eigenvalue weighted by Gasteiger charge is 2.25. The van der Waals surface area contributed by atoms with Gasteiger partial charge in [0.25, 0.3) is 11.2 Å². The summed E-state index contributed by atoms with van der Waals surface area (Å²) in [5.41, 5.74) is 5.56. The Labute approximate surface area is 256 Å². The maximum Gasteiger partial charge on any atom is 0.337 e. The molecule has 0 bridgehead atoms. The third-order valence-electron chi connectivity index (χ3n) is 8.26. The first-order valence-corrected chi connectivity index (χ1v) is 15.5. The molecule has 7 rings (SSSR count). The fourth-order valence-electron chi connectivity index (χ4n) is 5.81. The predicted molar refractivity (Wildman–Crippen MR) is 162 cm³/mol. The van der Waals surface area contributed by atoms with Crippen molar-refractivity contribution in [2.24, 2.45) is 5.92 Å². The Balaban J connectivity index is 1.03. The number of carbonyl (C=O) groups is 1. The zero-order valence-corrected chi connectivity index (χ0v) is 25.0. The van der Waals surface area contributed by atoms with Crippen molar-refractivity contribution in [3.8, 4) is 5.19 Å². The summed E-state index contributed by atoms with van der Waals surface area (Å²) in [4.78, 5) is 21.9. The van der Waals surface area contributed by atoms with Crippen LogP contribution < -0.4 is 4.74 Å². The molecule has 2 aromatic carbocycles. The summed E-state index contributed by atoms with van der Waals surface area (Å²) in [7, 11) is 1.39. The van der Waals surface area contributed by atoms with Gasteiger partial charge in [-0.25, -0.2) is 14.8 Å². The highest BCUT2D eigenvalue weighted by Crippen LogP contribution is 2.35. The Morgan fingerprint density at radius 3 is 2.86 bits per heavy atom. The van der Waals surface area contributed by atoms with Gasteiger partial charge in [-0.1, -0.05) is 35.1 Å². The highest BCUT2D eigenvalue weighted by atomic mass is 35.5. The van der Waals surface area contributed by atoms with E-state index in [2.05, 4.69) is 10.6 Å². The summed E-state index contributed by atoms with van der Waals surface area (Å²) >= 11 is 7.61. The fourth-order valence-corrected chi connectivity index (χ4v) is 6.71. The van der Waals surface area contributed by atoms with Crippen LogP contribution in [0.5, 0.6) is 5.19 Å². The normalized spacial score (nSPS) is 18.5. The van der Waals surface area contributed by atoms with E-state index >= 15 is 0 Å². The lowest BCUT2D eigenvalue weighted by Crippen LogP contribution is -2.32. The fraction of sp³-hybridized carbons (Fsp3) is 0.344. The van der Waals surface area contributed by atoms with Crippen molar-refractivity contribution in [3.05, 3.63) is 81.5 Å². The second kappa shape index (κ2) is 11.7. The number of carbonyl (C=O) groups excluding carboxylic acids is 1. The molecule has 11 heteroatoms. The predicted octanol–water partition coefficient (Wildman–Crippen LogP) is 7.61. The van der Waals surface area contributed by atoms with Gasteiger partial charge in [-0.15, -0.1) is 0 Å². The Morgan fingerprint density at radius 1 is 1.21 bits per heavy atom. The van der Waals surface area contributed by atoms with Crippen molar-refractivity contribution in [2.75, 3.05) is 13.7 Å². The molecule has 0 spiro atoms. The molecule has 2 atom stereocenters. The summed E-state index contributed by atoms with van der Waals surface area (Å²) in [6.07, 6.45) is 7.16. The monoisotopic (exact) mass is 621 g/mol. The van der Waals surface area contributed by atoms with Crippen LogP contribution in [-0.4, -0.2) is 40.3 Å². The van der Waals surface area contributed by atoms with E-state index in [1.807, 2.05) is 17.5 Å². The van der Waals surface area contributed by atoms with Crippen molar-refractivity contribution in [1.29, 1.82) is 0 Å². The van der Waals surface area contributed by atoms with Gasteiger partial charge in [0.05, 0.1) is 47.1 Å². The molecule has 1 aliphatic heterocycles. The van der Waals surface area contributed by atoms with E-state index in [1.165, 1.54) is 30.1 Å². The maximum absolute atomic E-state index is 13.7. The summed E-state index contributed by atoms with van der Waals surface area (Å²) < 4.78 is 37.7. The van der Waals surface area contributed by atoms with Crippen molar-refractivity contribution in [2.45, 2.75) is 51.4 Å². The minimum atomic E-state index is -0.680. The van der Waals surface area contributed by atoms with Crippen molar-refractivity contribution < 1.29 is 27.8 Å². The number of esters is 1. The van der Waals surface area contributed by atoms with E-state index in [-0.39, 0.29) is 18.7 Å². The number of hydrogen-bond acceptors (Lipinski definition) is 8.